The number of para-hydroxylation sites is 1. The number of benzene rings is 2. The molecule has 4 rings (SSSR count). The number of amides is 1. The van der Waals surface area contributed by atoms with Gasteiger partial charge in [0.15, 0.2) is 0 Å². The predicted molar refractivity (Wildman–Crippen MR) is 115 cm³/mol. The minimum absolute atomic E-state index is 0.0632. The van der Waals surface area contributed by atoms with Crippen molar-refractivity contribution in [1.29, 1.82) is 0 Å². The van der Waals surface area contributed by atoms with E-state index in [9.17, 15) is 4.79 Å². The first-order valence-corrected chi connectivity index (χ1v) is 9.95. The van der Waals surface area contributed by atoms with Crippen LogP contribution < -0.4 is 5.43 Å². The highest BCUT2D eigenvalue weighted by molar-refractivity contribution is 5.86. The number of fused-ring (bicyclic) bond motifs is 3. The van der Waals surface area contributed by atoms with Crippen LogP contribution in [0, 0.1) is 0 Å². The highest BCUT2D eigenvalue weighted by Gasteiger charge is 2.19. The molecule has 2 aromatic carbocycles. The number of carbonyl (C=O) groups is 1. The van der Waals surface area contributed by atoms with Gasteiger partial charge in [0.25, 0.3) is 0 Å². The van der Waals surface area contributed by atoms with E-state index in [2.05, 4.69) is 39.4 Å². The largest absolute Gasteiger partial charge is 0.344 e. The van der Waals surface area contributed by atoms with Gasteiger partial charge in [-0.15, -0.1) is 0 Å². The van der Waals surface area contributed by atoms with Crippen LogP contribution in [0.15, 0.2) is 65.8 Å². The normalized spacial score (nSPS) is 14.0. The predicted octanol–water partition coefficient (Wildman–Crippen LogP) is 4.73. The van der Waals surface area contributed by atoms with Gasteiger partial charge in [-0.25, -0.2) is 5.43 Å². The van der Waals surface area contributed by atoms with E-state index in [1.807, 2.05) is 42.5 Å². The molecular weight excluding hydrogens is 346 g/mol. The second-order valence-electron chi connectivity index (χ2n) is 7.13. The van der Waals surface area contributed by atoms with Crippen molar-refractivity contribution in [2.75, 3.05) is 0 Å². The van der Waals surface area contributed by atoms with E-state index in [4.69, 9.17) is 0 Å². The summed E-state index contributed by atoms with van der Waals surface area (Å²) in [5, 5.41) is 5.36. The zero-order chi connectivity index (χ0) is 19.2. The van der Waals surface area contributed by atoms with Gasteiger partial charge in [0.1, 0.15) is 0 Å². The maximum atomic E-state index is 12.2. The van der Waals surface area contributed by atoms with Crippen molar-refractivity contribution in [3.8, 4) is 0 Å². The highest BCUT2D eigenvalue weighted by Crippen LogP contribution is 2.32. The molecule has 0 atom stereocenters. The molecule has 0 radical (unpaired) electrons. The van der Waals surface area contributed by atoms with Crippen molar-refractivity contribution in [3.05, 3.63) is 77.5 Å². The zero-order valence-electron chi connectivity index (χ0n) is 16.0. The molecular formula is C24H25N3O. The Kier molecular flexibility index (Phi) is 5.66. The van der Waals surface area contributed by atoms with E-state index in [1.54, 1.807) is 6.21 Å². The Balaban J connectivity index is 1.36. The van der Waals surface area contributed by atoms with Crippen molar-refractivity contribution in [3.63, 3.8) is 0 Å². The molecule has 3 aromatic rings. The second-order valence-corrected chi connectivity index (χ2v) is 7.13. The lowest BCUT2D eigenvalue weighted by atomic mass is 9.95. The lowest BCUT2D eigenvalue weighted by Gasteiger charge is -2.15. The topological polar surface area (TPSA) is 46.4 Å². The number of carbonyl (C=O) groups excluding carboxylic acids is 1. The van der Waals surface area contributed by atoms with Crippen LogP contribution in [0.25, 0.3) is 17.0 Å². The first kappa shape index (κ1) is 18.2. The molecule has 0 saturated carbocycles. The number of hydrogen-bond acceptors (Lipinski definition) is 2. The summed E-state index contributed by atoms with van der Waals surface area (Å²) in [6.07, 6.45) is 10.5. The molecule has 1 N–H and O–H groups in total. The average Bonchev–Trinajstić information content (AvgIpc) is 3.07. The number of nitrogens with zero attached hydrogens (tertiary/aromatic N) is 2. The molecule has 0 unspecified atom stereocenters. The van der Waals surface area contributed by atoms with Crippen LogP contribution in [0.3, 0.4) is 0 Å². The van der Waals surface area contributed by atoms with Crippen LogP contribution in [0.5, 0.6) is 0 Å². The standard InChI is InChI=1S/C24H25N3O/c28-24(26-25-17-8-11-19-9-2-1-3-10-19)16-18-27-22-14-6-4-12-20(22)21-13-5-7-15-23(21)27/h1-4,6,8-12,14,17H,5,7,13,15-16,18H2,(H,26,28). The SMILES string of the molecule is O=C(CCn1c2c(c3ccccc31)CCCC2)NN=CC=Cc1ccccc1. The van der Waals surface area contributed by atoms with Crippen molar-refractivity contribution in [1.82, 2.24) is 9.99 Å². The smallest absolute Gasteiger partial charge is 0.241 e. The molecule has 1 aliphatic carbocycles. The first-order valence-electron chi connectivity index (χ1n) is 9.95. The van der Waals surface area contributed by atoms with E-state index in [1.165, 1.54) is 35.0 Å². The number of nitrogens with one attached hydrogen (secondary N) is 1. The van der Waals surface area contributed by atoms with Crippen molar-refractivity contribution >= 4 is 29.1 Å². The Hall–Kier alpha value is -3.14. The third kappa shape index (κ3) is 4.06. The first-order chi connectivity index (χ1) is 13.8. The number of rotatable bonds is 6. The summed E-state index contributed by atoms with van der Waals surface area (Å²) >= 11 is 0. The van der Waals surface area contributed by atoms with Crippen LogP contribution in [0.1, 0.15) is 36.1 Å². The van der Waals surface area contributed by atoms with Gasteiger partial charge in [-0.05, 0) is 49.0 Å². The van der Waals surface area contributed by atoms with Crippen LogP contribution in [-0.4, -0.2) is 16.7 Å². The van der Waals surface area contributed by atoms with E-state index < -0.39 is 0 Å². The quantitative estimate of drug-likeness (QED) is 0.494. The van der Waals surface area contributed by atoms with E-state index >= 15 is 0 Å². The molecule has 0 fully saturated rings. The molecule has 1 aromatic heterocycles. The molecule has 28 heavy (non-hydrogen) atoms. The van der Waals surface area contributed by atoms with E-state index in [0.717, 1.165) is 18.4 Å². The molecule has 4 nitrogen and oxygen atoms in total. The third-order valence-electron chi connectivity index (χ3n) is 5.29. The van der Waals surface area contributed by atoms with Crippen LogP contribution in [-0.2, 0) is 24.2 Å². The fourth-order valence-electron chi connectivity index (χ4n) is 3.98. The molecule has 4 heteroatoms. The lowest BCUT2D eigenvalue weighted by Crippen LogP contribution is -2.20. The molecule has 1 aliphatic rings. The monoisotopic (exact) mass is 371 g/mol. The van der Waals surface area contributed by atoms with Gasteiger partial charge in [0, 0.05) is 35.8 Å². The summed E-state index contributed by atoms with van der Waals surface area (Å²) in [6.45, 7) is 0.692. The minimum atomic E-state index is -0.0632. The number of hydrazone groups is 1. The summed E-state index contributed by atoms with van der Waals surface area (Å²) in [5.41, 5.74) is 7.86. The van der Waals surface area contributed by atoms with Crippen LogP contribution in [0.4, 0.5) is 0 Å². The zero-order valence-corrected chi connectivity index (χ0v) is 16.0. The lowest BCUT2D eigenvalue weighted by molar-refractivity contribution is -0.121. The van der Waals surface area contributed by atoms with Crippen molar-refractivity contribution < 1.29 is 4.79 Å². The van der Waals surface area contributed by atoms with Crippen molar-refractivity contribution in [2.45, 2.75) is 38.6 Å². The molecule has 142 valence electrons. The minimum Gasteiger partial charge on any atom is -0.344 e. The molecule has 0 aliphatic heterocycles. The number of hydrogen-bond donors (Lipinski definition) is 1. The molecule has 1 amide bonds. The summed E-state index contributed by atoms with van der Waals surface area (Å²) < 4.78 is 2.34. The number of aromatic nitrogens is 1. The van der Waals surface area contributed by atoms with Gasteiger partial charge in [-0.1, -0.05) is 54.6 Å². The average molecular weight is 371 g/mol. The highest BCUT2D eigenvalue weighted by atomic mass is 16.2. The molecule has 1 heterocycles. The molecule has 0 bridgehead atoms. The van der Waals surface area contributed by atoms with Crippen LogP contribution >= 0.6 is 0 Å². The fourth-order valence-corrected chi connectivity index (χ4v) is 3.98. The van der Waals surface area contributed by atoms with Gasteiger partial charge >= 0.3 is 0 Å². The summed E-state index contributed by atoms with van der Waals surface area (Å²) in [5.74, 6) is -0.0632. The van der Waals surface area contributed by atoms with E-state index in [-0.39, 0.29) is 5.91 Å². The Labute approximate surface area is 165 Å². The maximum Gasteiger partial charge on any atom is 0.241 e. The Morgan fingerprint density at radius 2 is 1.82 bits per heavy atom. The van der Waals surface area contributed by atoms with Crippen molar-refractivity contribution in [2.24, 2.45) is 5.10 Å². The molecule has 0 saturated heterocycles. The Bertz CT molecular complexity index is 1020. The summed E-state index contributed by atoms with van der Waals surface area (Å²) in [7, 11) is 0. The molecule has 0 spiro atoms. The maximum absolute atomic E-state index is 12.2. The second kappa shape index (κ2) is 8.70. The van der Waals surface area contributed by atoms with Crippen LogP contribution in [0.2, 0.25) is 0 Å². The summed E-state index contributed by atoms with van der Waals surface area (Å²) in [4.78, 5) is 12.2. The number of allylic oxidation sites excluding steroid dienone is 1. The Morgan fingerprint density at radius 3 is 2.71 bits per heavy atom. The third-order valence-corrected chi connectivity index (χ3v) is 5.29. The van der Waals surface area contributed by atoms with E-state index in [0.29, 0.717) is 13.0 Å². The fraction of sp³-hybridized carbons (Fsp3) is 0.250. The Morgan fingerprint density at radius 1 is 1.04 bits per heavy atom. The summed E-state index contributed by atoms with van der Waals surface area (Å²) in [6, 6.07) is 18.6. The van der Waals surface area contributed by atoms with Gasteiger partial charge < -0.3 is 4.57 Å². The van der Waals surface area contributed by atoms with Gasteiger partial charge in [0.05, 0.1) is 0 Å². The van der Waals surface area contributed by atoms with Gasteiger partial charge in [0.2, 0.25) is 5.91 Å². The number of aryl methyl sites for hydroxylation is 2. The van der Waals surface area contributed by atoms with Gasteiger partial charge in [-0.2, -0.15) is 5.10 Å². The van der Waals surface area contributed by atoms with Gasteiger partial charge in [-0.3, -0.25) is 4.79 Å².